The highest BCUT2D eigenvalue weighted by Gasteiger charge is 2.13. The zero-order chi connectivity index (χ0) is 13.3. The number of methoxy groups -OCH3 is 1. The topological polar surface area (TPSA) is 47.1 Å². The fraction of sp³-hybridized carbons (Fsp3) is 0.273. The highest BCUT2D eigenvalue weighted by atomic mass is 32.1. The van der Waals surface area contributed by atoms with Crippen molar-refractivity contribution in [3.8, 4) is 11.5 Å². The van der Waals surface area contributed by atoms with Gasteiger partial charge in [0.15, 0.2) is 11.5 Å². The van der Waals surface area contributed by atoms with Crippen molar-refractivity contribution in [2.24, 2.45) is 0 Å². The van der Waals surface area contributed by atoms with Crippen molar-refractivity contribution in [2.45, 2.75) is 13.5 Å². The molecule has 18 heavy (non-hydrogen) atoms. The van der Waals surface area contributed by atoms with Gasteiger partial charge in [0.1, 0.15) is 10.5 Å². The Morgan fingerprint density at radius 1 is 1.33 bits per heavy atom. The van der Waals surface area contributed by atoms with Gasteiger partial charge in [-0.15, -0.1) is 0 Å². The normalized spacial score (nSPS) is 10.9. The van der Waals surface area contributed by atoms with Crippen LogP contribution in [0.25, 0.3) is 10.9 Å². The van der Waals surface area contributed by atoms with Crippen molar-refractivity contribution in [1.82, 2.24) is 9.97 Å². The number of fused-ring (bicyclic) bond motifs is 1. The van der Waals surface area contributed by atoms with Crippen LogP contribution in [0, 0.1) is 11.6 Å². The summed E-state index contributed by atoms with van der Waals surface area (Å²) < 4.78 is 34.3. The van der Waals surface area contributed by atoms with E-state index >= 15 is 0 Å². The Bertz CT molecular complexity index is 643. The van der Waals surface area contributed by atoms with E-state index in [1.165, 1.54) is 19.2 Å². The standard InChI is InChI=1S/C11H10F2N2O2S/c1-5-14-7-4-9(17-11(12)13)8(16-2)3-6(7)10(18)15-5/h3-4,11H,1-2H3,(H,14,15,18). The van der Waals surface area contributed by atoms with Crippen LogP contribution < -0.4 is 9.47 Å². The number of halogens is 2. The van der Waals surface area contributed by atoms with Crippen LogP contribution in [0.15, 0.2) is 12.1 Å². The second kappa shape index (κ2) is 4.85. The van der Waals surface area contributed by atoms with E-state index in [0.717, 1.165) is 0 Å². The fourth-order valence-corrected chi connectivity index (χ4v) is 1.93. The van der Waals surface area contributed by atoms with Crippen LogP contribution in [-0.4, -0.2) is 23.7 Å². The first-order valence-electron chi connectivity index (χ1n) is 5.04. The lowest BCUT2D eigenvalue weighted by atomic mass is 10.2. The van der Waals surface area contributed by atoms with E-state index in [1.54, 1.807) is 6.92 Å². The zero-order valence-electron chi connectivity index (χ0n) is 9.66. The molecule has 0 aliphatic rings. The molecule has 7 heteroatoms. The van der Waals surface area contributed by atoms with Gasteiger partial charge in [-0.1, -0.05) is 12.2 Å². The summed E-state index contributed by atoms with van der Waals surface area (Å²) in [6.45, 7) is -1.19. The minimum Gasteiger partial charge on any atom is -0.493 e. The zero-order valence-corrected chi connectivity index (χ0v) is 10.5. The van der Waals surface area contributed by atoms with Crippen LogP contribution in [0.3, 0.4) is 0 Å². The van der Waals surface area contributed by atoms with Crippen molar-refractivity contribution in [2.75, 3.05) is 7.11 Å². The predicted molar refractivity (Wildman–Crippen MR) is 64.8 cm³/mol. The molecule has 0 saturated heterocycles. The van der Waals surface area contributed by atoms with E-state index < -0.39 is 6.61 Å². The summed E-state index contributed by atoms with van der Waals surface area (Å²) in [5.74, 6) is 0.741. The second-order valence-corrected chi connectivity index (χ2v) is 3.94. The van der Waals surface area contributed by atoms with Crippen molar-refractivity contribution >= 4 is 23.1 Å². The van der Waals surface area contributed by atoms with Crippen LogP contribution in [-0.2, 0) is 0 Å². The van der Waals surface area contributed by atoms with Crippen LogP contribution >= 0.6 is 12.2 Å². The average molecular weight is 272 g/mol. The molecule has 0 unspecified atom stereocenters. The summed E-state index contributed by atoms with van der Waals surface area (Å²) in [6, 6.07) is 2.95. The first-order valence-corrected chi connectivity index (χ1v) is 5.45. The van der Waals surface area contributed by atoms with Gasteiger partial charge in [0.25, 0.3) is 0 Å². The number of aromatic amines is 1. The molecule has 0 amide bonds. The molecular weight excluding hydrogens is 262 g/mol. The minimum absolute atomic E-state index is 0.0451. The van der Waals surface area contributed by atoms with Gasteiger partial charge in [-0.2, -0.15) is 8.78 Å². The third kappa shape index (κ3) is 2.40. The molecule has 0 radical (unpaired) electrons. The van der Waals surface area contributed by atoms with Crippen molar-refractivity contribution in [3.63, 3.8) is 0 Å². The summed E-state index contributed by atoms with van der Waals surface area (Å²) in [5, 5.41) is 0.620. The number of aromatic nitrogens is 2. The third-order valence-electron chi connectivity index (χ3n) is 2.34. The SMILES string of the molecule is COc1cc2c(=S)nc(C)[nH]c2cc1OC(F)F. The third-order valence-corrected chi connectivity index (χ3v) is 2.65. The molecule has 2 aromatic rings. The van der Waals surface area contributed by atoms with E-state index in [-0.39, 0.29) is 11.5 Å². The lowest BCUT2D eigenvalue weighted by Crippen LogP contribution is -2.04. The van der Waals surface area contributed by atoms with Gasteiger partial charge in [0.05, 0.1) is 12.6 Å². The van der Waals surface area contributed by atoms with Crippen molar-refractivity contribution in [1.29, 1.82) is 0 Å². The number of alkyl halides is 2. The molecular formula is C11H10F2N2O2S. The number of ether oxygens (including phenoxy) is 2. The molecule has 0 saturated carbocycles. The molecule has 0 atom stereocenters. The quantitative estimate of drug-likeness (QED) is 0.871. The highest BCUT2D eigenvalue weighted by molar-refractivity contribution is 7.71. The average Bonchev–Trinajstić information content (AvgIpc) is 2.27. The molecule has 2 rings (SSSR count). The van der Waals surface area contributed by atoms with E-state index in [0.29, 0.717) is 21.4 Å². The van der Waals surface area contributed by atoms with Gasteiger partial charge in [-0.25, -0.2) is 4.98 Å². The maximum Gasteiger partial charge on any atom is 0.387 e. The Morgan fingerprint density at radius 3 is 2.67 bits per heavy atom. The Morgan fingerprint density at radius 2 is 2.06 bits per heavy atom. The molecule has 0 spiro atoms. The molecule has 0 fully saturated rings. The second-order valence-electron chi connectivity index (χ2n) is 3.55. The number of benzene rings is 1. The number of aryl methyl sites for hydroxylation is 1. The Balaban J connectivity index is 2.69. The molecule has 1 N–H and O–H groups in total. The van der Waals surface area contributed by atoms with Gasteiger partial charge in [-0.3, -0.25) is 0 Å². The first-order chi connectivity index (χ1) is 8.51. The first kappa shape index (κ1) is 12.7. The minimum atomic E-state index is -2.91. The lowest BCUT2D eigenvalue weighted by molar-refractivity contribution is -0.0511. The predicted octanol–water partition coefficient (Wildman–Crippen LogP) is 3.21. The van der Waals surface area contributed by atoms with E-state index in [9.17, 15) is 8.78 Å². The van der Waals surface area contributed by atoms with E-state index in [2.05, 4.69) is 14.7 Å². The van der Waals surface area contributed by atoms with Gasteiger partial charge < -0.3 is 14.5 Å². The molecule has 0 aliphatic carbocycles. The van der Waals surface area contributed by atoms with Gasteiger partial charge >= 0.3 is 6.61 Å². The number of rotatable bonds is 3. The Kier molecular flexibility index (Phi) is 3.42. The summed E-state index contributed by atoms with van der Waals surface area (Å²) in [4.78, 5) is 7.02. The molecule has 1 aromatic heterocycles. The fourth-order valence-electron chi connectivity index (χ4n) is 1.62. The number of nitrogens with zero attached hydrogens (tertiary/aromatic N) is 1. The largest absolute Gasteiger partial charge is 0.493 e. The summed E-state index contributed by atoms with van der Waals surface area (Å²) >= 11 is 5.10. The monoisotopic (exact) mass is 272 g/mol. The molecule has 1 aromatic carbocycles. The Hall–Kier alpha value is -1.76. The number of nitrogens with one attached hydrogen (secondary N) is 1. The number of hydrogen-bond acceptors (Lipinski definition) is 4. The molecule has 0 bridgehead atoms. The maximum absolute atomic E-state index is 12.3. The van der Waals surface area contributed by atoms with Gasteiger partial charge in [0.2, 0.25) is 0 Å². The Labute approximate surface area is 107 Å². The number of H-pyrrole nitrogens is 1. The van der Waals surface area contributed by atoms with E-state index in [1.807, 2.05) is 0 Å². The van der Waals surface area contributed by atoms with Crippen LogP contribution in [0.2, 0.25) is 0 Å². The summed E-state index contributed by atoms with van der Waals surface area (Å²) in [6.07, 6.45) is 0. The summed E-state index contributed by atoms with van der Waals surface area (Å²) in [5.41, 5.74) is 0.573. The summed E-state index contributed by atoms with van der Waals surface area (Å²) in [7, 11) is 1.37. The van der Waals surface area contributed by atoms with Crippen LogP contribution in [0.4, 0.5) is 8.78 Å². The van der Waals surface area contributed by atoms with Crippen LogP contribution in [0.5, 0.6) is 11.5 Å². The molecule has 96 valence electrons. The van der Waals surface area contributed by atoms with Gasteiger partial charge in [0, 0.05) is 11.5 Å². The van der Waals surface area contributed by atoms with Crippen molar-refractivity contribution < 1.29 is 18.3 Å². The van der Waals surface area contributed by atoms with Crippen LogP contribution in [0.1, 0.15) is 5.82 Å². The molecule has 0 aliphatic heterocycles. The smallest absolute Gasteiger partial charge is 0.387 e. The lowest BCUT2D eigenvalue weighted by Gasteiger charge is -2.11. The molecule has 4 nitrogen and oxygen atoms in total. The maximum atomic E-state index is 12.3. The highest BCUT2D eigenvalue weighted by Crippen LogP contribution is 2.32. The van der Waals surface area contributed by atoms with Gasteiger partial charge in [-0.05, 0) is 13.0 Å². The van der Waals surface area contributed by atoms with E-state index in [4.69, 9.17) is 17.0 Å². The van der Waals surface area contributed by atoms with Crippen molar-refractivity contribution in [3.05, 3.63) is 22.6 Å². The molecule has 1 heterocycles. The number of hydrogen-bond donors (Lipinski definition) is 1.